The molecule has 1 unspecified atom stereocenters. The van der Waals surface area contributed by atoms with E-state index in [9.17, 15) is 19.5 Å². The van der Waals surface area contributed by atoms with E-state index in [1.807, 2.05) is 25.1 Å². The van der Waals surface area contributed by atoms with Crippen molar-refractivity contribution in [2.75, 3.05) is 12.3 Å². The Balaban J connectivity index is 2.03. The van der Waals surface area contributed by atoms with E-state index >= 15 is 0 Å². The van der Waals surface area contributed by atoms with Gasteiger partial charge in [-0.25, -0.2) is 15.2 Å². The number of carboxylic acid groups (broad SMARTS) is 2. The van der Waals surface area contributed by atoms with Gasteiger partial charge in [-0.15, -0.1) is 11.8 Å². The lowest BCUT2D eigenvalue weighted by molar-refractivity contribution is -0.142. The van der Waals surface area contributed by atoms with Gasteiger partial charge in [-0.1, -0.05) is 42.4 Å². The summed E-state index contributed by atoms with van der Waals surface area (Å²) in [6.07, 6.45) is -1.34. The number of hydrogen-bond acceptors (Lipinski definition) is 8. The molecule has 2 rings (SSSR count). The molecule has 3 N–H and O–H groups in total. The van der Waals surface area contributed by atoms with Gasteiger partial charge >= 0.3 is 18.0 Å². The number of nitrogens with zero attached hydrogens (tertiary/aromatic N) is 2. The summed E-state index contributed by atoms with van der Waals surface area (Å²) in [5, 5.41) is 24.0. The molecule has 30 heavy (non-hydrogen) atoms. The minimum absolute atomic E-state index is 0.00365. The minimum Gasteiger partial charge on any atom is -0.481 e. The molecule has 0 spiro atoms. The lowest BCUT2D eigenvalue weighted by Crippen LogP contribution is -2.53. The van der Waals surface area contributed by atoms with Crippen LogP contribution in [-0.4, -0.2) is 62.7 Å². The van der Waals surface area contributed by atoms with Crippen LogP contribution in [0.3, 0.4) is 0 Å². The highest BCUT2D eigenvalue weighted by molar-refractivity contribution is 8.13. The molecule has 0 aromatic heterocycles. The third kappa shape index (κ3) is 7.91. The SMILES string of the molecule is CCSC1=NOC(CN(N[C@@H](CCC(=O)O)C(=O)O)C(=O)OCc2ccccc2)C1. The van der Waals surface area contributed by atoms with Crippen molar-refractivity contribution in [1.29, 1.82) is 0 Å². The van der Waals surface area contributed by atoms with Crippen LogP contribution in [0.1, 0.15) is 31.7 Å². The van der Waals surface area contributed by atoms with Crippen molar-refractivity contribution in [3.8, 4) is 0 Å². The maximum Gasteiger partial charge on any atom is 0.424 e. The molecule has 164 valence electrons. The van der Waals surface area contributed by atoms with Crippen LogP contribution in [0.15, 0.2) is 35.5 Å². The highest BCUT2D eigenvalue weighted by Gasteiger charge is 2.30. The molecular formula is C19H25N3O7S. The first-order chi connectivity index (χ1) is 14.4. The van der Waals surface area contributed by atoms with Crippen molar-refractivity contribution in [3.05, 3.63) is 35.9 Å². The largest absolute Gasteiger partial charge is 0.481 e. The second kappa shape index (κ2) is 12.0. The average molecular weight is 439 g/mol. The van der Waals surface area contributed by atoms with Crippen molar-refractivity contribution in [1.82, 2.24) is 10.4 Å². The molecule has 1 aromatic carbocycles. The van der Waals surface area contributed by atoms with E-state index in [1.54, 1.807) is 12.1 Å². The topological polar surface area (TPSA) is 138 Å². The standard InChI is InChI=1S/C19H25N3O7S/c1-2-30-16-10-14(29-21-16)11-22(20-15(18(25)26)8-9-17(23)24)19(27)28-12-13-6-4-3-5-7-13/h3-7,14-15,20H,2,8-12H2,1H3,(H,23,24)(H,25,26)/t14?,15-/m0/s1. The molecule has 11 heteroatoms. The summed E-state index contributed by atoms with van der Waals surface area (Å²) in [5.41, 5.74) is 3.35. The second-order valence-electron chi connectivity index (χ2n) is 6.45. The number of nitrogens with one attached hydrogen (secondary N) is 1. The van der Waals surface area contributed by atoms with E-state index in [2.05, 4.69) is 10.6 Å². The number of carboxylic acids is 2. The van der Waals surface area contributed by atoms with E-state index in [0.717, 1.165) is 21.4 Å². The summed E-state index contributed by atoms with van der Waals surface area (Å²) in [6, 6.07) is 7.75. The molecule has 0 saturated carbocycles. The molecule has 2 atom stereocenters. The predicted molar refractivity (Wildman–Crippen MR) is 110 cm³/mol. The summed E-state index contributed by atoms with van der Waals surface area (Å²) in [6.45, 7) is 1.97. The van der Waals surface area contributed by atoms with Gasteiger partial charge < -0.3 is 19.8 Å². The Kier molecular flexibility index (Phi) is 9.42. The zero-order valence-electron chi connectivity index (χ0n) is 16.5. The third-order valence-corrected chi connectivity index (χ3v) is 4.95. The number of thioether (sulfide) groups is 1. The van der Waals surface area contributed by atoms with Crippen LogP contribution in [-0.2, 0) is 25.8 Å². The Morgan fingerprint density at radius 1 is 1.33 bits per heavy atom. The van der Waals surface area contributed by atoms with Crippen LogP contribution >= 0.6 is 11.8 Å². The van der Waals surface area contributed by atoms with Crippen LogP contribution in [0, 0.1) is 0 Å². The molecule has 0 fully saturated rings. The number of hydrazine groups is 1. The normalized spacial score (nSPS) is 16.3. The maximum absolute atomic E-state index is 12.6. The van der Waals surface area contributed by atoms with Crippen LogP contribution in [0.2, 0.25) is 0 Å². The molecular weight excluding hydrogens is 414 g/mol. The van der Waals surface area contributed by atoms with E-state index in [0.29, 0.717) is 6.42 Å². The first-order valence-electron chi connectivity index (χ1n) is 9.43. The van der Waals surface area contributed by atoms with Gasteiger partial charge in [0.1, 0.15) is 17.7 Å². The van der Waals surface area contributed by atoms with Gasteiger partial charge in [-0.2, -0.15) is 0 Å². The summed E-state index contributed by atoms with van der Waals surface area (Å²) in [7, 11) is 0. The van der Waals surface area contributed by atoms with Crippen molar-refractivity contribution in [2.45, 2.75) is 44.9 Å². The Morgan fingerprint density at radius 3 is 2.70 bits per heavy atom. The van der Waals surface area contributed by atoms with Crippen LogP contribution < -0.4 is 5.43 Å². The highest BCUT2D eigenvalue weighted by atomic mass is 32.2. The van der Waals surface area contributed by atoms with Crippen LogP contribution in [0.25, 0.3) is 0 Å². The van der Waals surface area contributed by atoms with Crippen LogP contribution in [0.5, 0.6) is 0 Å². The number of aliphatic carboxylic acids is 2. The molecule has 0 bridgehead atoms. The third-order valence-electron chi connectivity index (χ3n) is 4.09. The zero-order valence-corrected chi connectivity index (χ0v) is 17.3. The number of hydrogen-bond donors (Lipinski definition) is 3. The zero-order chi connectivity index (χ0) is 21.9. The highest BCUT2D eigenvalue weighted by Crippen LogP contribution is 2.20. The predicted octanol–water partition coefficient (Wildman–Crippen LogP) is 2.30. The van der Waals surface area contributed by atoms with Gasteiger partial charge in [0.25, 0.3) is 0 Å². The fraction of sp³-hybridized carbons (Fsp3) is 0.474. The first-order valence-corrected chi connectivity index (χ1v) is 10.4. The molecule has 1 aromatic rings. The Labute approximate surface area is 178 Å². The number of ether oxygens (including phenoxy) is 1. The van der Waals surface area contributed by atoms with Crippen LogP contribution in [0.4, 0.5) is 4.79 Å². The average Bonchev–Trinajstić information content (AvgIpc) is 3.16. The number of benzene rings is 1. The van der Waals surface area contributed by atoms with E-state index in [4.69, 9.17) is 14.7 Å². The smallest absolute Gasteiger partial charge is 0.424 e. The number of carbonyl (C=O) groups excluding carboxylic acids is 1. The second-order valence-corrected chi connectivity index (χ2v) is 7.79. The van der Waals surface area contributed by atoms with Crippen molar-refractivity contribution in [2.24, 2.45) is 5.16 Å². The molecule has 1 amide bonds. The Morgan fingerprint density at radius 2 is 2.07 bits per heavy atom. The summed E-state index contributed by atoms with van der Waals surface area (Å²) in [5.74, 6) is -1.58. The van der Waals surface area contributed by atoms with Gasteiger partial charge in [0.2, 0.25) is 0 Å². The number of carbonyl (C=O) groups is 3. The molecule has 0 saturated heterocycles. The number of rotatable bonds is 11. The fourth-order valence-electron chi connectivity index (χ4n) is 2.63. The minimum atomic E-state index is -1.28. The van der Waals surface area contributed by atoms with Crippen molar-refractivity contribution < 1.29 is 34.2 Å². The van der Waals surface area contributed by atoms with E-state index in [1.165, 1.54) is 11.8 Å². The van der Waals surface area contributed by atoms with Crippen molar-refractivity contribution >= 4 is 34.8 Å². The number of amides is 1. The summed E-state index contributed by atoms with van der Waals surface area (Å²) < 4.78 is 5.30. The Hall–Kier alpha value is -2.79. The van der Waals surface area contributed by atoms with Gasteiger partial charge in [0, 0.05) is 12.8 Å². The molecule has 1 aliphatic heterocycles. The first kappa shape index (κ1) is 23.5. The van der Waals surface area contributed by atoms with E-state index < -0.39 is 30.2 Å². The molecule has 1 heterocycles. The van der Waals surface area contributed by atoms with Gasteiger partial charge in [0.15, 0.2) is 6.10 Å². The van der Waals surface area contributed by atoms with Gasteiger partial charge in [0.05, 0.1) is 6.54 Å². The maximum atomic E-state index is 12.6. The fourth-order valence-corrected chi connectivity index (χ4v) is 3.37. The van der Waals surface area contributed by atoms with E-state index in [-0.39, 0.29) is 26.0 Å². The molecule has 10 nitrogen and oxygen atoms in total. The lowest BCUT2D eigenvalue weighted by atomic mass is 10.1. The monoisotopic (exact) mass is 439 g/mol. The van der Waals surface area contributed by atoms with Gasteiger partial charge in [-0.3, -0.25) is 9.59 Å². The molecule has 1 aliphatic rings. The Bertz CT molecular complexity index is 760. The van der Waals surface area contributed by atoms with Crippen molar-refractivity contribution in [3.63, 3.8) is 0 Å². The lowest BCUT2D eigenvalue weighted by Gasteiger charge is -2.27. The number of oxime groups is 1. The summed E-state index contributed by atoms with van der Waals surface area (Å²) >= 11 is 1.53. The summed E-state index contributed by atoms with van der Waals surface area (Å²) in [4.78, 5) is 40.3. The van der Waals surface area contributed by atoms with Gasteiger partial charge in [-0.05, 0) is 17.7 Å². The quantitative estimate of drug-likeness (QED) is 0.443. The molecule has 0 radical (unpaired) electrons. The molecule has 0 aliphatic carbocycles.